The molecule has 0 bridgehead atoms. The zero-order valence-corrected chi connectivity index (χ0v) is 12.0. The molecule has 20 heavy (non-hydrogen) atoms. The van der Waals surface area contributed by atoms with Crippen molar-refractivity contribution in [3.8, 4) is 0 Å². The van der Waals surface area contributed by atoms with Gasteiger partial charge in [-0.2, -0.15) is 0 Å². The van der Waals surface area contributed by atoms with Gasteiger partial charge in [0.05, 0.1) is 5.75 Å². The Kier molecular flexibility index (Phi) is 5.15. The third kappa shape index (κ3) is 4.05. The number of ketones is 1. The molecule has 0 aliphatic rings. The molecular weight excluding hydrogens is 302 g/mol. The van der Waals surface area contributed by atoms with Crippen molar-refractivity contribution in [2.75, 3.05) is 5.75 Å². The minimum Gasteiger partial charge on any atom is -0.293 e. The van der Waals surface area contributed by atoms with Crippen LogP contribution in [0.5, 0.6) is 0 Å². The van der Waals surface area contributed by atoms with E-state index in [4.69, 9.17) is 11.6 Å². The van der Waals surface area contributed by atoms with Crippen LogP contribution in [0.3, 0.4) is 0 Å². The summed E-state index contributed by atoms with van der Waals surface area (Å²) < 4.78 is 25.8. The van der Waals surface area contributed by atoms with E-state index in [2.05, 4.69) is 0 Å². The summed E-state index contributed by atoms with van der Waals surface area (Å²) in [7, 11) is 0. The van der Waals surface area contributed by atoms with E-state index in [0.717, 1.165) is 17.7 Å². The average molecular weight is 313 g/mol. The van der Waals surface area contributed by atoms with Crippen molar-refractivity contribution >= 4 is 29.1 Å². The maximum atomic E-state index is 13.0. The number of benzene rings is 2. The molecule has 2 aromatic rings. The zero-order valence-electron chi connectivity index (χ0n) is 10.4. The summed E-state index contributed by atoms with van der Waals surface area (Å²) in [4.78, 5) is 11.8. The van der Waals surface area contributed by atoms with Crippen LogP contribution in [0.1, 0.15) is 15.9 Å². The molecule has 0 N–H and O–H groups in total. The summed E-state index contributed by atoms with van der Waals surface area (Å²) in [5, 5.41) is 0.664. The minimum absolute atomic E-state index is 0.188. The Morgan fingerprint density at radius 2 is 1.75 bits per heavy atom. The second-order valence-electron chi connectivity index (χ2n) is 4.17. The summed E-state index contributed by atoms with van der Waals surface area (Å²) in [5.41, 5.74) is 1.24. The lowest BCUT2D eigenvalue weighted by atomic mass is 10.1. The molecular formula is C15H11ClF2OS. The van der Waals surface area contributed by atoms with Crippen LogP contribution in [0, 0.1) is 11.6 Å². The smallest absolute Gasteiger partial charge is 0.172 e. The highest BCUT2D eigenvalue weighted by molar-refractivity contribution is 7.99. The molecule has 0 aliphatic carbocycles. The van der Waals surface area contributed by atoms with Crippen molar-refractivity contribution in [1.29, 1.82) is 0 Å². The summed E-state index contributed by atoms with van der Waals surface area (Å²) in [6, 6.07) is 10.5. The summed E-state index contributed by atoms with van der Waals surface area (Å²) in [6.07, 6.45) is 0. The number of hydrogen-bond acceptors (Lipinski definition) is 2. The maximum Gasteiger partial charge on any atom is 0.172 e. The molecule has 0 aromatic heterocycles. The molecule has 2 aromatic carbocycles. The van der Waals surface area contributed by atoms with Crippen molar-refractivity contribution in [2.45, 2.75) is 5.75 Å². The van der Waals surface area contributed by atoms with Gasteiger partial charge in [-0.3, -0.25) is 4.79 Å². The van der Waals surface area contributed by atoms with Gasteiger partial charge >= 0.3 is 0 Å². The van der Waals surface area contributed by atoms with Crippen LogP contribution in [0.2, 0.25) is 5.02 Å². The topological polar surface area (TPSA) is 17.1 Å². The van der Waals surface area contributed by atoms with Crippen LogP contribution < -0.4 is 0 Å². The van der Waals surface area contributed by atoms with Crippen LogP contribution in [0.25, 0.3) is 0 Å². The first-order chi connectivity index (χ1) is 9.56. The van der Waals surface area contributed by atoms with Gasteiger partial charge in [-0.05, 0) is 35.9 Å². The molecule has 2 rings (SSSR count). The first kappa shape index (κ1) is 15.0. The van der Waals surface area contributed by atoms with Gasteiger partial charge in [-0.15, -0.1) is 11.8 Å². The number of Topliss-reactive ketones (excluding diaryl/α,β-unsaturated/α-hetero) is 1. The lowest BCUT2D eigenvalue weighted by molar-refractivity contribution is 0.102. The van der Waals surface area contributed by atoms with E-state index >= 15 is 0 Å². The van der Waals surface area contributed by atoms with E-state index in [0.29, 0.717) is 10.8 Å². The maximum absolute atomic E-state index is 13.0. The molecule has 0 aliphatic heterocycles. The van der Waals surface area contributed by atoms with E-state index < -0.39 is 11.6 Å². The number of thioether (sulfide) groups is 1. The Labute approximate surface area is 125 Å². The van der Waals surface area contributed by atoms with E-state index in [-0.39, 0.29) is 17.1 Å². The molecule has 0 amide bonds. The number of halogens is 3. The number of hydrogen-bond donors (Lipinski definition) is 0. The summed E-state index contributed by atoms with van der Waals surface area (Å²) in [6.45, 7) is 0. The van der Waals surface area contributed by atoms with Crippen molar-refractivity contribution < 1.29 is 13.6 Å². The quantitative estimate of drug-likeness (QED) is 0.742. The summed E-state index contributed by atoms with van der Waals surface area (Å²) in [5.74, 6) is -1.29. The second kappa shape index (κ2) is 6.86. The van der Waals surface area contributed by atoms with Crippen molar-refractivity contribution in [2.24, 2.45) is 0 Å². The Morgan fingerprint density at radius 1 is 1.05 bits per heavy atom. The van der Waals surface area contributed by atoms with Crippen LogP contribution in [-0.4, -0.2) is 11.5 Å². The highest BCUT2D eigenvalue weighted by Gasteiger charge is 2.09. The van der Waals surface area contributed by atoms with E-state index in [1.807, 2.05) is 12.1 Å². The van der Waals surface area contributed by atoms with Crippen LogP contribution in [0.15, 0.2) is 42.5 Å². The predicted octanol–water partition coefficient (Wildman–Crippen LogP) is 4.73. The molecule has 0 saturated carbocycles. The number of carbonyl (C=O) groups excluding carboxylic acids is 1. The van der Waals surface area contributed by atoms with Gasteiger partial charge in [0.25, 0.3) is 0 Å². The molecule has 1 nitrogen and oxygen atoms in total. The first-order valence-electron chi connectivity index (χ1n) is 5.86. The molecule has 0 unspecified atom stereocenters. The van der Waals surface area contributed by atoms with Gasteiger partial charge in [0, 0.05) is 16.3 Å². The molecule has 0 radical (unpaired) electrons. The predicted molar refractivity (Wildman–Crippen MR) is 78.3 cm³/mol. The highest BCUT2D eigenvalue weighted by atomic mass is 35.5. The zero-order chi connectivity index (χ0) is 14.5. The van der Waals surface area contributed by atoms with Crippen molar-refractivity contribution in [1.82, 2.24) is 0 Å². The van der Waals surface area contributed by atoms with Gasteiger partial charge in [0.2, 0.25) is 0 Å². The fourth-order valence-electron chi connectivity index (χ4n) is 1.60. The number of rotatable bonds is 5. The third-order valence-electron chi connectivity index (χ3n) is 2.66. The fourth-order valence-corrected chi connectivity index (χ4v) is 2.60. The van der Waals surface area contributed by atoms with Gasteiger partial charge in [0.1, 0.15) is 0 Å². The molecule has 5 heteroatoms. The fraction of sp³-hybridized carbons (Fsp3) is 0.133. The lowest BCUT2D eigenvalue weighted by Gasteiger charge is -2.03. The first-order valence-corrected chi connectivity index (χ1v) is 7.40. The minimum atomic E-state index is -1.00. The average Bonchev–Trinajstić information content (AvgIpc) is 2.44. The SMILES string of the molecule is O=C(CSCc1ccc(Cl)cc1)c1ccc(F)c(F)c1. The van der Waals surface area contributed by atoms with Crippen LogP contribution >= 0.6 is 23.4 Å². The number of carbonyl (C=O) groups is 1. The van der Waals surface area contributed by atoms with E-state index in [1.165, 1.54) is 17.8 Å². The van der Waals surface area contributed by atoms with Crippen LogP contribution in [-0.2, 0) is 5.75 Å². The second-order valence-corrected chi connectivity index (χ2v) is 5.59. The van der Waals surface area contributed by atoms with E-state index in [9.17, 15) is 13.6 Å². The molecule has 0 saturated heterocycles. The summed E-state index contributed by atoms with van der Waals surface area (Å²) >= 11 is 7.19. The Hall–Kier alpha value is -1.39. The van der Waals surface area contributed by atoms with Crippen molar-refractivity contribution in [3.63, 3.8) is 0 Å². The monoisotopic (exact) mass is 312 g/mol. The van der Waals surface area contributed by atoms with Gasteiger partial charge in [0.15, 0.2) is 17.4 Å². The Morgan fingerprint density at radius 3 is 2.40 bits per heavy atom. The van der Waals surface area contributed by atoms with Gasteiger partial charge in [-0.25, -0.2) is 8.78 Å². The Bertz CT molecular complexity index is 614. The van der Waals surface area contributed by atoms with Gasteiger partial charge in [-0.1, -0.05) is 23.7 Å². The highest BCUT2D eigenvalue weighted by Crippen LogP contribution is 2.17. The Balaban J connectivity index is 1.88. The molecule has 0 atom stereocenters. The van der Waals surface area contributed by atoms with Gasteiger partial charge < -0.3 is 0 Å². The molecule has 104 valence electrons. The molecule has 0 fully saturated rings. The normalized spacial score (nSPS) is 10.6. The largest absolute Gasteiger partial charge is 0.293 e. The van der Waals surface area contributed by atoms with Crippen LogP contribution in [0.4, 0.5) is 8.78 Å². The third-order valence-corrected chi connectivity index (χ3v) is 3.91. The molecule has 0 spiro atoms. The van der Waals surface area contributed by atoms with Crippen molar-refractivity contribution in [3.05, 3.63) is 70.2 Å². The standard InChI is InChI=1S/C15H11ClF2OS/c16-12-4-1-10(2-5-12)8-20-9-15(19)11-3-6-13(17)14(18)7-11/h1-7H,8-9H2. The molecule has 0 heterocycles. The van der Waals surface area contributed by atoms with E-state index in [1.54, 1.807) is 12.1 Å². The lowest BCUT2D eigenvalue weighted by Crippen LogP contribution is -2.04.